The minimum absolute atomic E-state index is 0.312. The Bertz CT molecular complexity index is 981. The molecule has 0 aromatic heterocycles. The minimum Gasteiger partial charge on any atom is -0.494 e. The third-order valence-electron chi connectivity index (χ3n) is 4.40. The van der Waals surface area contributed by atoms with Crippen LogP contribution in [0, 0.1) is 23.4 Å². The Balaban J connectivity index is 1.95. The molecule has 0 aliphatic heterocycles. The minimum atomic E-state index is -1.72. The van der Waals surface area contributed by atoms with Crippen LogP contribution in [-0.4, -0.2) is 36.9 Å². The van der Waals surface area contributed by atoms with Gasteiger partial charge in [-0.15, -0.1) is 0 Å². The number of nitrogens with one attached hydrogen (secondary N) is 3. The van der Waals surface area contributed by atoms with Crippen molar-refractivity contribution in [1.82, 2.24) is 10.6 Å². The van der Waals surface area contributed by atoms with Gasteiger partial charge in [0.1, 0.15) is 11.8 Å². The van der Waals surface area contributed by atoms with E-state index < -0.39 is 53.4 Å². The van der Waals surface area contributed by atoms with E-state index in [1.807, 2.05) is 12.2 Å². The summed E-state index contributed by atoms with van der Waals surface area (Å²) in [7, 11) is 0. The Morgan fingerprint density at radius 1 is 0.969 bits per heavy atom. The van der Waals surface area contributed by atoms with Crippen LogP contribution in [0.2, 0.25) is 0 Å². The molecule has 3 amide bonds. The quantitative estimate of drug-likeness (QED) is 0.511. The van der Waals surface area contributed by atoms with Crippen LogP contribution < -0.4 is 20.7 Å². The van der Waals surface area contributed by atoms with Crippen LogP contribution in [0.5, 0.6) is 5.75 Å². The van der Waals surface area contributed by atoms with Gasteiger partial charge < -0.3 is 20.7 Å². The lowest BCUT2D eigenvalue weighted by molar-refractivity contribution is -0.126. The average molecular weight is 451 g/mol. The Morgan fingerprint density at radius 2 is 1.62 bits per heavy atom. The molecule has 0 spiro atoms. The molecule has 2 rings (SSSR count). The maximum atomic E-state index is 13.7. The summed E-state index contributed by atoms with van der Waals surface area (Å²) in [5.74, 6) is -6.36. The molecule has 0 fully saturated rings. The molecular weight excluding hydrogens is 427 g/mol. The Hall–Kier alpha value is -3.56. The maximum absolute atomic E-state index is 13.7. The highest BCUT2D eigenvalue weighted by atomic mass is 19.2. The molecule has 7 nitrogen and oxygen atoms in total. The lowest BCUT2D eigenvalue weighted by Gasteiger charge is -2.21. The first-order valence-electron chi connectivity index (χ1n) is 9.88. The van der Waals surface area contributed by atoms with Gasteiger partial charge in [-0.3, -0.25) is 14.4 Å². The lowest BCUT2D eigenvalue weighted by Crippen LogP contribution is -2.51. The zero-order valence-corrected chi connectivity index (χ0v) is 17.8. The van der Waals surface area contributed by atoms with Crippen LogP contribution in [-0.2, 0) is 9.59 Å². The van der Waals surface area contributed by atoms with Crippen molar-refractivity contribution in [2.75, 3.05) is 18.5 Å². The van der Waals surface area contributed by atoms with Crippen molar-refractivity contribution < 1.29 is 32.3 Å². The van der Waals surface area contributed by atoms with Gasteiger partial charge in [0, 0.05) is 5.56 Å². The molecule has 0 aliphatic rings. The van der Waals surface area contributed by atoms with Crippen molar-refractivity contribution in [1.29, 1.82) is 0 Å². The summed E-state index contributed by atoms with van der Waals surface area (Å²) in [6.45, 7) is 5.16. The molecule has 0 radical (unpaired) electrons. The number of carbonyl (C=O) groups is 3. The fraction of sp³-hybridized carbons (Fsp3) is 0.318. The van der Waals surface area contributed by atoms with Crippen molar-refractivity contribution in [2.45, 2.75) is 26.8 Å². The van der Waals surface area contributed by atoms with Crippen LogP contribution >= 0.6 is 0 Å². The second-order valence-electron chi connectivity index (χ2n) is 7.14. The first kappa shape index (κ1) is 24.7. The summed E-state index contributed by atoms with van der Waals surface area (Å²) in [5, 5.41) is 6.99. The average Bonchev–Trinajstić information content (AvgIpc) is 2.76. The van der Waals surface area contributed by atoms with Gasteiger partial charge in [0.25, 0.3) is 5.91 Å². The summed E-state index contributed by atoms with van der Waals surface area (Å²) in [6.07, 6.45) is 0. The van der Waals surface area contributed by atoms with Crippen molar-refractivity contribution in [3.05, 3.63) is 59.4 Å². The Kier molecular flexibility index (Phi) is 8.62. The standard InChI is InChI=1S/C22H24F3N3O4/c1-4-32-14-7-5-13(6-8-14)21(30)28-20(12(2)3)22(31)26-11-17(29)27-16-10-9-15(23)18(24)19(16)25/h5-10,12,20H,4,11H2,1-3H3,(H,26,31)(H,27,29)(H,28,30)/t20-/m1/s1. The van der Waals surface area contributed by atoms with Crippen LogP contribution in [0.25, 0.3) is 0 Å². The predicted octanol–water partition coefficient (Wildman–Crippen LogP) is 3.01. The van der Waals surface area contributed by atoms with E-state index in [0.717, 1.165) is 6.07 Å². The van der Waals surface area contributed by atoms with Crippen molar-refractivity contribution >= 4 is 23.4 Å². The van der Waals surface area contributed by atoms with Gasteiger partial charge in [-0.05, 0) is 49.2 Å². The number of amides is 3. The van der Waals surface area contributed by atoms with Gasteiger partial charge in [0.05, 0.1) is 18.8 Å². The largest absolute Gasteiger partial charge is 0.494 e. The van der Waals surface area contributed by atoms with E-state index in [0.29, 0.717) is 24.0 Å². The van der Waals surface area contributed by atoms with Gasteiger partial charge in [-0.25, -0.2) is 13.2 Å². The molecule has 32 heavy (non-hydrogen) atoms. The van der Waals surface area contributed by atoms with Crippen LogP contribution in [0.4, 0.5) is 18.9 Å². The molecule has 0 bridgehead atoms. The van der Waals surface area contributed by atoms with Crippen LogP contribution in [0.15, 0.2) is 36.4 Å². The molecule has 10 heteroatoms. The van der Waals surface area contributed by atoms with Gasteiger partial charge >= 0.3 is 0 Å². The molecule has 0 saturated heterocycles. The molecule has 2 aromatic carbocycles. The maximum Gasteiger partial charge on any atom is 0.251 e. The molecule has 2 aromatic rings. The second-order valence-corrected chi connectivity index (χ2v) is 7.14. The number of benzene rings is 2. The number of anilines is 1. The number of rotatable bonds is 9. The second kappa shape index (κ2) is 11.2. The topological polar surface area (TPSA) is 96.5 Å². The first-order chi connectivity index (χ1) is 15.1. The monoisotopic (exact) mass is 451 g/mol. The number of hydrogen-bond acceptors (Lipinski definition) is 4. The van der Waals surface area contributed by atoms with E-state index in [4.69, 9.17) is 4.74 Å². The zero-order chi connectivity index (χ0) is 23.8. The zero-order valence-electron chi connectivity index (χ0n) is 17.8. The fourth-order valence-electron chi connectivity index (χ4n) is 2.72. The van der Waals surface area contributed by atoms with Gasteiger partial charge in [0.15, 0.2) is 17.5 Å². The molecule has 172 valence electrons. The number of ether oxygens (including phenoxy) is 1. The van der Waals surface area contributed by atoms with Crippen LogP contribution in [0.1, 0.15) is 31.1 Å². The number of hydrogen-bond donors (Lipinski definition) is 3. The predicted molar refractivity (Wildman–Crippen MR) is 112 cm³/mol. The molecular formula is C22H24F3N3O4. The fourth-order valence-corrected chi connectivity index (χ4v) is 2.72. The third-order valence-corrected chi connectivity index (χ3v) is 4.40. The van der Waals surface area contributed by atoms with Crippen molar-refractivity contribution in [3.63, 3.8) is 0 Å². The highest BCUT2D eigenvalue weighted by molar-refractivity contribution is 5.99. The summed E-state index contributed by atoms with van der Waals surface area (Å²) in [5.41, 5.74) is -0.245. The first-order valence-corrected chi connectivity index (χ1v) is 9.88. The summed E-state index contributed by atoms with van der Waals surface area (Å²) in [4.78, 5) is 37.0. The van der Waals surface area contributed by atoms with Crippen molar-refractivity contribution in [2.24, 2.45) is 5.92 Å². The molecule has 3 N–H and O–H groups in total. The van der Waals surface area contributed by atoms with Gasteiger partial charge in [-0.2, -0.15) is 0 Å². The Morgan fingerprint density at radius 3 is 2.22 bits per heavy atom. The van der Waals surface area contributed by atoms with E-state index in [-0.39, 0.29) is 5.92 Å². The van der Waals surface area contributed by atoms with Gasteiger partial charge in [-0.1, -0.05) is 13.8 Å². The molecule has 0 aliphatic carbocycles. The SMILES string of the molecule is CCOc1ccc(C(=O)N[C@@H](C(=O)NCC(=O)Nc2ccc(F)c(F)c2F)C(C)C)cc1. The molecule has 1 atom stereocenters. The van der Waals surface area contributed by atoms with E-state index in [2.05, 4.69) is 10.6 Å². The highest BCUT2D eigenvalue weighted by Crippen LogP contribution is 2.19. The number of halogens is 3. The molecule has 0 heterocycles. The van der Waals surface area contributed by atoms with E-state index in [1.165, 1.54) is 0 Å². The summed E-state index contributed by atoms with van der Waals surface area (Å²) >= 11 is 0. The van der Waals surface area contributed by atoms with Crippen molar-refractivity contribution in [3.8, 4) is 5.75 Å². The highest BCUT2D eigenvalue weighted by Gasteiger charge is 2.25. The third kappa shape index (κ3) is 6.47. The van der Waals surface area contributed by atoms with E-state index >= 15 is 0 Å². The lowest BCUT2D eigenvalue weighted by atomic mass is 10.0. The smallest absolute Gasteiger partial charge is 0.251 e. The van der Waals surface area contributed by atoms with E-state index in [1.54, 1.807) is 38.1 Å². The van der Waals surface area contributed by atoms with E-state index in [9.17, 15) is 27.6 Å². The van der Waals surface area contributed by atoms with Crippen LogP contribution in [0.3, 0.4) is 0 Å². The normalized spacial score (nSPS) is 11.6. The number of carbonyl (C=O) groups excluding carboxylic acids is 3. The Labute approximate surface area is 183 Å². The molecule has 0 unspecified atom stereocenters. The molecule has 0 saturated carbocycles. The van der Waals surface area contributed by atoms with Gasteiger partial charge in [0.2, 0.25) is 11.8 Å². The summed E-state index contributed by atoms with van der Waals surface area (Å²) < 4.78 is 45.2. The summed E-state index contributed by atoms with van der Waals surface area (Å²) in [6, 6.07) is 6.94.